The van der Waals surface area contributed by atoms with Gasteiger partial charge in [0.1, 0.15) is 12.8 Å². The van der Waals surface area contributed by atoms with Crippen molar-refractivity contribution in [2.75, 3.05) is 0 Å². The predicted molar refractivity (Wildman–Crippen MR) is 117 cm³/mol. The Balaban J connectivity index is 1.90. The first-order valence-electron chi connectivity index (χ1n) is 10.6. The maximum atomic E-state index is 13.7. The van der Waals surface area contributed by atoms with E-state index < -0.39 is 35.1 Å². The molecule has 9 heteroatoms. The van der Waals surface area contributed by atoms with Crippen LogP contribution in [0.1, 0.15) is 50.0 Å². The van der Waals surface area contributed by atoms with Crippen molar-refractivity contribution in [2.45, 2.75) is 45.6 Å². The number of pyridine rings is 2. The van der Waals surface area contributed by atoms with Gasteiger partial charge in [-0.3, -0.25) is 23.9 Å². The number of rotatable bonds is 2. The van der Waals surface area contributed by atoms with Crippen LogP contribution in [0.3, 0.4) is 0 Å². The van der Waals surface area contributed by atoms with Crippen molar-refractivity contribution in [1.29, 1.82) is 0 Å². The van der Waals surface area contributed by atoms with Crippen molar-refractivity contribution in [1.82, 2.24) is 14.5 Å². The minimum atomic E-state index is -1.97. The number of amides is 2. The molecule has 33 heavy (non-hydrogen) atoms. The lowest BCUT2D eigenvalue weighted by atomic mass is 9.86. The molecule has 0 radical (unpaired) electrons. The third-order valence-electron chi connectivity index (χ3n) is 6.43. The van der Waals surface area contributed by atoms with E-state index in [9.17, 15) is 24.3 Å². The van der Waals surface area contributed by atoms with Gasteiger partial charge in [0.2, 0.25) is 11.8 Å². The van der Waals surface area contributed by atoms with Gasteiger partial charge in [-0.15, -0.1) is 0 Å². The monoisotopic (exact) mass is 447 g/mol. The van der Waals surface area contributed by atoms with Gasteiger partial charge in [-0.2, -0.15) is 0 Å². The smallest absolute Gasteiger partial charge is 0.343 e. The summed E-state index contributed by atoms with van der Waals surface area (Å²) in [5.41, 5.74) is -0.364. The summed E-state index contributed by atoms with van der Waals surface area (Å²) in [5, 5.41) is 11.8. The number of para-hydroxylation sites is 1. The van der Waals surface area contributed by atoms with Gasteiger partial charge < -0.3 is 9.84 Å². The van der Waals surface area contributed by atoms with Gasteiger partial charge in [0.25, 0.3) is 5.56 Å². The van der Waals surface area contributed by atoms with Crippen LogP contribution in [0.4, 0.5) is 0 Å². The summed E-state index contributed by atoms with van der Waals surface area (Å²) in [6.07, 6.45) is -1.04. The first-order chi connectivity index (χ1) is 15.7. The fourth-order valence-corrected chi connectivity index (χ4v) is 4.79. The third kappa shape index (κ3) is 2.78. The molecule has 0 fully saturated rings. The molecule has 2 aromatic heterocycles. The van der Waals surface area contributed by atoms with Crippen LogP contribution >= 0.6 is 0 Å². The van der Waals surface area contributed by atoms with Crippen LogP contribution in [0.2, 0.25) is 0 Å². The van der Waals surface area contributed by atoms with Gasteiger partial charge in [-0.1, -0.05) is 25.1 Å². The lowest BCUT2D eigenvalue weighted by molar-refractivity contribution is -0.172. The summed E-state index contributed by atoms with van der Waals surface area (Å²) in [6.45, 7) is 3.83. The molecule has 168 valence electrons. The van der Waals surface area contributed by atoms with E-state index in [0.717, 1.165) is 10.3 Å². The molecule has 2 amide bonds. The van der Waals surface area contributed by atoms with Crippen LogP contribution in [0.15, 0.2) is 41.2 Å². The maximum Gasteiger partial charge on any atom is 0.343 e. The fraction of sp³-hybridized carbons (Fsp3) is 0.292. The molecule has 0 saturated carbocycles. The number of esters is 1. The number of hydrogen-bond donors (Lipinski definition) is 1. The van der Waals surface area contributed by atoms with E-state index >= 15 is 0 Å². The van der Waals surface area contributed by atoms with Crippen LogP contribution in [0.5, 0.6) is 0 Å². The molecule has 3 aromatic rings. The number of benzene rings is 1. The van der Waals surface area contributed by atoms with Crippen molar-refractivity contribution in [2.24, 2.45) is 0 Å². The summed E-state index contributed by atoms with van der Waals surface area (Å²) in [5.74, 6) is -1.88. The quantitative estimate of drug-likeness (QED) is 0.597. The van der Waals surface area contributed by atoms with Crippen molar-refractivity contribution in [3.8, 4) is 11.4 Å². The molecule has 2 aliphatic rings. The third-order valence-corrected chi connectivity index (χ3v) is 6.43. The Kier molecular flexibility index (Phi) is 4.51. The van der Waals surface area contributed by atoms with Crippen LogP contribution in [0.25, 0.3) is 22.3 Å². The van der Waals surface area contributed by atoms with Crippen molar-refractivity contribution >= 4 is 28.7 Å². The topological polar surface area (TPSA) is 119 Å². The Bertz CT molecular complexity index is 1430. The van der Waals surface area contributed by atoms with Gasteiger partial charge in [0.05, 0.1) is 22.5 Å². The van der Waals surface area contributed by atoms with E-state index in [4.69, 9.17) is 9.72 Å². The van der Waals surface area contributed by atoms with Gasteiger partial charge in [0.15, 0.2) is 5.60 Å². The van der Waals surface area contributed by atoms with Crippen LogP contribution in [-0.2, 0) is 31.3 Å². The molecule has 0 aliphatic carbocycles. The molecule has 2 atom stereocenters. The minimum Gasteiger partial charge on any atom is -0.458 e. The first kappa shape index (κ1) is 21.0. The van der Waals surface area contributed by atoms with Gasteiger partial charge in [-0.25, -0.2) is 9.78 Å². The Hall–Kier alpha value is -3.85. The number of carbonyl (C=O) groups excluding carboxylic acids is 3. The summed E-state index contributed by atoms with van der Waals surface area (Å²) < 4.78 is 6.44. The normalized spacial score (nSPS) is 20.6. The molecule has 4 heterocycles. The number of ether oxygens (including phenoxy) is 1. The van der Waals surface area contributed by atoms with E-state index in [1.165, 1.54) is 18.4 Å². The van der Waals surface area contributed by atoms with Crippen molar-refractivity contribution in [3.05, 3.63) is 63.4 Å². The van der Waals surface area contributed by atoms with Crippen LogP contribution in [-0.4, -0.2) is 37.3 Å². The van der Waals surface area contributed by atoms with E-state index in [-0.39, 0.29) is 24.2 Å². The van der Waals surface area contributed by atoms with E-state index in [0.29, 0.717) is 22.5 Å². The number of carbonyl (C=O) groups is 3. The minimum absolute atomic E-state index is 0.0101. The second-order valence-electron chi connectivity index (χ2n) is 8.29. The number of nitrogens with zero attached hydrogens (tertiary/aromatic N) is 3. The highest BCUT2D eigenvalue weighted by Gasteiger charge is 2.47. The number of imide groups is 1. The maximum absolute atomic E-state index is 13.7. The van der Waals surface area contributed by atoms with Crippen molar-refractivity contribution in [3.63, 3.8) is 0 Å². The summed E-state index contributed by atoms with van der Waals surface area (Å²) in [6, 6.07) is 10.7. The Morgan fingerprint density at radius 2 is 1.91 bits per heavy atom. The number of aromatic nitrogens is 2. The van der Waals surface area contributed by atoms with E-state index in [1.54, 1.807) is 19.1 Å². The molecule has 0 saturated heterocycles. The molecule has 2 aliphatic heterocycles. The molecule has 1 unspecified atom stereocenters. The number of aliphatic hydroxyl groups is 1. The highest BCUT2D eigenvalue weighted by Crippen LogP contribution is 2.43. The largest absolute Gasteiger partial charge is 0.458 e. The van der Waals surface area contributed by atoms with Gasteiger partial charge >= 0.3 is 5.97 Å². The molecular formula is C24H21N3O6. The number of fused-ring (bicyclic) bond motifs is 5. The Morgan fingerprint density at radius 1 is 1.21 bits per heavy atom. The Labute approximate surface area is 188 Å². The molecule has 5 rings (SSSR count). The second-order valence-corrected chi connectivity index (χ2v) is 8.29. The molecular weight excluding hydrogens is 426 g/mol. The average Bonchev–Trinajstić information content (AvgIpc) is 3.08. The highest BCUT2D eigenvalue weighted by atomic mass is 16.6. The zero-order chi connectivity index (χ0) is 23.7. The highest BCUT2D eigenvalue weighted by molar-refractivity contribution is 5.95. The van der Waals surface area contributed by atoms with Gasteiger partial charge in [0, 0.05) is 30.4 Å². The van der Waals surface area contributed by atoms with E-state index in [2.05, 4.69) is 0 Å². The number of cyclic esters (lactones) is 1. The molecule has 9 nitrogen and oxygen atoms in total. The first-order valence-corrected chi connectivity index (χ1v) is 10.6. The molecule has 1 N–H and O–H groups in total. The predicted octanol–water partition coefficient (Wildman–Crippen LogP) is 1.97. The fourth-order valence-electron chi connectivity index (χ4n) is 4.79. The lowest BCUT2D eigenvalue weighted by Crippen LogP contribution is -2.47. The second kappa shape index (κ2) is 7.08. The average molecular weight is 447 g/mol. The lowest BCUT2D eigenvalue weighted by Gasteiger charge is -2.33. The van der Waals surface area contributed by atoms with Crippen molar-refractivity contribution < 1.29 is 24.2 Å². The molecule has 0 bridgehead atoms. The zero-order valence-electron chi connectivity index (χ0n) is 18.3. The summed E-state index contributed by atoms with van der Waals surface area (Å²) >= 11 is 0. The van der Waals surface area contributed by atoms with Crippen LogP contribution < -0.4 is 5.56 Å². The SMILES string of the molecule is CC[C@@]1(O)C(=O)OCc2c1cc1n(c2=O)C(N(C(C)=O)C(C)=O)c2cc3ccccc3nc2-1. The summed E-state index contributed by atoms with van der Waals surface area (Å²) in [7, 11) is 0. The molecule has 1 aromatic carbocycles. The Morgan fingerprint density at radius 3 is 2.58 bits per heavy atom. The standard InChI is InChI=1S/C24H21N3O6/c1-4-24(32)17-10-19-20-15(9-14-7-5-6-8-18(14)25-20)21(26(12(2)28)13(3)29)27(19)22(30)16(17)11-33-23(24)31/h5-10,21,32H,4,11H2,1-3H3/t21?,24-/m0/s1. The zero-order valence-corrected chi connectivity index (χ0v) is 18.3. The number of hydrogen-bond acceptors (Lipinski definition) is 7. The van der Waals surface area contributed by atoms with Gasteiger partial charge in [-0.05, 0) is 24.6 Å². The van der Waals surface area contributed by atoms with Crippen LogP contribution in [0, 0.1) is 0 Å². The van der Waals surface area contributed by atoms with E-state index in [1.807, 2.05) is 24.3 Å². The summed E-state index contributed by atoms with van der Waals surface area (Å²) in [4.78, 5) is 56.9. The molecule has 0 spiro atoms.